The van der Waals surface area contributed by atoms with Gasteiger partial charge in [0.2, 0.25) is 5.91 Å². The molecule has 0 bridgehead atoms. The summed E-state index contributed by atoms with van der Waals surface area (Å²) in [5, 5.41) is 21.5. The van der Waals surface area contributed by atoms with Crippen LogP contribution in [-0.2, 0) is 31.5 Å². The van der Waals surface area contributed by atoms with Crippen molar-refractivity contribution in [1.82, 2.24) is 0 Å². The molecule has 20 heteroatoms. The fourth-order valence-electron chi connectivity index (χ4n) is 5.70. The van der Waals surface area contributed by atoms with E-state index in [1.54, 1.807) is 74.5 Å². The Hall–Kier alpha value is -2.07. The first-order valence-electron chi connectivity index (χ1n) is 15.9. The Morgan fingerprint density at radius 3 is 1.74 bits per heavy atom. The number of nitrogens with zero attached hydrogens (tertiary/aromatic N) is 4. The average Bonchev–Trinajstić information content (AvgIpc) is 3.12. The molecule has 14 nitrogen and oxygen atoms in total. The summed E-state index contributed by atoms with van der Waals surface area (Å²) in [5.41, 5.74) is 3.95. The number of carbonyl (C=O) groups excluding carboxylic acids is 1. The van der Waals surface area contributed by atoms with Gasteiger partial charge in [0.25, 0.3) is 0 Å². The van der Waals surface area contributed by atoms with Crippen LogP contribution in [-0.4, -0.2) is 46.1 Å². The van der Waals surface area contributed by atoms with E-state index in [1.807, 2.05) is 0 Å². The Morgan fingerprint density at radius 1 is 0.638 bits per heavy atom. The molecule has 1 N–H and O–H groups in total. The zero-order chi connectivity index (χ0) is 38.8. The number of amides is 1. The van der Waals surface area contributed by atoms with E-state index in [4.69, 9.17) is 9.47 Å². The molecule has 0 aliphatic rings. The zero-order valence-electron chi connectivity index (χ0n) is 33.1. The minimum absolute atomic E-state index is 0. The molecule has 0 atom stereocenters. The maximum atomic E-state index is 13.3. The van der Waals surface area contributed by atoms with Crippen LogP contribution in [0.5, 0.6) is 11.5 Å². The van der Waals surface area contributed by atoms with Crippen molar-refractivity contribution in [3.63, 3.8) is 0 Å². The van der Waals surface area contributed by atoms with Gasteiger partial charge < -0.3 is 23.9 Å². The number of nitrogens with one attached hydrogen (secondary N) is 1. The molecule has 0 radical (unpaired) electrons. The topological polar surface area (TPSA) is 211 Å². The van der Waals surface area contributed by atoms with Crippen molar-refractivity contribution in [2.24, 2.45) is 20.5 Å². The second-order valence-electron chi connectivity index (χ2n) is 12.0. The first-order valence-corrected chi connectivity index (χ1v) is 18.8. The summed E-state index contributed by atoms with van der Waals surface area (Å²) in [6, 6.07) is 26.7. The monoisotopic (exact) mass is 855 g/mol. The van der Waals surface area contributed by atoms with Gasteiger partial charge in [-0.2, -0.15) is 56.9 Å². The van der Waals surface area contributed by atoms with Gasteiger partial charge in [-0.25, -0.2) is 0 Å². The minimum Gasteiger partial charge on any atom is -0.754 e. The molecule has 58 heavy (non-hydrogen) atoms. The van der Waals surface area contributed by atoms with Crippen molar-refractivity contribution in [3.05, 3.63) is 114 Å². The average molecular weight is 856 g/mol. The van der Waals surface area contributed by atoms with E-state index in [-0.39, 0.29) is 146 Å². The van der Waals surface area contributed by atoms with Gasteiger partial charge in [-0.05, 0) is 65.1 Å². The molecule has 0 aliphatic heterocycles. The first kappa shape index (κ1) is 52.1. The molecule has 0 aromatic heterocycles. The standard InChI is InChI=1S/C38H31N5O9S2.4Na/c1-22-15-26(34(51-3)20-31(22)42-41-28-12-11-24-7-5-10-37(30(24)19-28)54(48,49)50)18-38(44)39-33-16-23(2)32(21-35(33)52-4)43-40-27-13-14-29-25(17-27)8-6-9-36(29)53(45,46)47;;;;/h7-17,19-21H,18H2,1-4H3,(H,39,44)(H,45,46,47)(H,48,49,50);;;;/q-2;4*+1/p-2. The summed E-state index contributed by atoms with van der Waals surface area (Å²) < 4.78 is 81.2. The normalized spacial score (nSPS) is 11.3. The molecule has 0 heterocycles. The second-order valence-corrected chi connectivity index (χ2v) is 14.7. The van der Waals surface area contributed by atoms with Crippen LogP contribution < -0.4 is 133 Å². The van der Waals surface area contributed by atoms with Gasteiger partial charge in [0.15, 0.2) is 0 Å². The summed E-state index contributed by atoms with van der Waals surface area (Å²) in [6.07, 6.45) is -0.0615. The van der Waals surface area contributed by atoms with Gasteiger partial charge in [0.1, 0.15) is 11.5 Å². The van der Waals surface area contributed by atoms with E-state index in [1.165, 1.54) is 26.4 Å². The summed E-state index contributed by atoms with van der Waals surface area (Å²) in [6.45, 7) is 3.57. The third-order valence-electron chi connectivity index (χ3n) is 8.34. The maximum absolute atomic E-state index is 13.3. The molecule has 276 valence electrons. The quantitative estimate of drug-likeness (QED) is 0.0583. The number of hydrogen-bond donors (Lipinski definition) is 1. The number of aryl methyl sites for hydroxylation is 2. The number of methoxy groups -OCH3 is 2. The Bertz CT molecular complexity index is 2770. The van der Waals surface area contributed by atoms with Crippen molar-refractivity contribution in [2.75, 3.05) is 19.5 Å². The number of azo groups is 2. The van der Waals surface area contributed by atoms with Crippen molar-refractivity contribution >= 4 is 76.1 Å². The van der Waals surface area contributed by atoms with Gasteiger partial charge in [0, 0.05) is 17.7 Å². The second kappa shape index (κ2) is 22.1. The van der Waals surface area contributed by atoms with E-state index in [0.29, 0.717) is 67.4 Å². The van der Waals surface area contributed by atoms with E-state index in [2.05, 4.69) is 37.9 Å². The van der Waals surface area contributed by atoms with Crippen LogP contribution in [0.2, 0.25) is 0 Å². The summed E-state index contributed by atoms with van der Waals surface area (Å²) >= 11 is 0. The van der Waals surface area contributed by atoms with Gasteiger partial charge in [-0.15, -0.1) is 27.6 Å². The Balaban J connectivity index is 0.00000290. The van der Waals surface area contributed by atoms with Gasteiger partial charge in [-0.3, -0.25) is 21.6 Å². The molecule has 6 rings (SSSR count). The predicted octanol–water partition coefficient (Wildman–Crippen LogP) is -3.94. The van der Waals surface area contributed by atoms with Crippen LogP contribution >= 0.6 is 0 Å². The number of fused-ring (bicyclic) bond motifs is 2. The maximum Gasteiger partial charge on any atom is 1.00 e. The fourth-order valence-corrected chi connectivity index (χ4v) is 7.03. The molecule has 0 fully saturated rings. The van der Waals surface area contributed by atoms with Gasteiger partial charge in [0.05, 0.1) is 69.3 Å². The van der Waals surface area contributed by atoms with Crippen LogP contribution in [0.3, 0.4) is 0 Å². The van der Waals surface area contributed by atoms with Crippen molar-refractivity contribution in [3.8, 4) is 11.5 Å². The molecular weight excluding hydrogens is 827 g/mol. The number of anilines is 1. The third-order valence-corrected chi connectivity index (χ3v) is 10.1. The summed E-state index contributed by atoms with van der Waals surface area (Å²) in [7, 11) is -6.51. The van der Waals surface area contributed by atoms with Crippen LogP contribution in [0, 0.1) is 26.0 Å². The molecule has 0 saturated carbocycles. The molecule has 0 unspecified atom stereocenters. The summed E-state index contributed by atoms with van der Waals surface area (Å²) in [5.74, 6) is 0.348. The number of benzene rings is 6. The molecule has 0 aliphatic carbocycles. The van der Waals surface area contributed by atoms with Crippen LogP contribution in [0.4, 0.5) is 28.4 Å². The van der Waals surface area contributed by atoms with Crippen molar-refractivity contribution < 1.29 is 158 Å². The smallest absolute Gasteiger partial charge is 0.754 e. The van der Waals surface area contributed by atoms with Crippen LogP contribution in [0.15, 0.2) is 115 Å². The third kappa shape index (κ3) is 12.5. The first-order chi connectivity index (χ1) is 25.6. The van der Waals surface area contributed by atoms with E-state index in [0.717, 1.165) is 12.1 Å². The molecule has 6 aromatic carbocycles. The number of rotatable bonds is 11. The van der Waals surface area contributed by atoms with E-state index >= 15 is 0 Å². The van der Waals surface area contributed by atoms with Gasteiger partial charge in [-0.1, -0.05) is 12.1 Å². The van der Waals surface area contributed by atoms with E-state index < -0.39 is 25.1 Å². The summed E-state index contributed by atoms with van der Waals surface area (Å²) in [4.78, 5) is 12.5. The molecule has 1 amide bonds. The number of ether oxygens (including phenoxy) is 2. The molecular formula is C38H29N5Na4O9S2. The van der Waals surface area contributed by atoms with Crippen molar-refractivity contribution in [2.45, 2.75) is 30.1 Å². The Labute approximate surface area is 424 Å². The zero-order valence-corrected chi connectivity index (χ0v) is 42.7. The Morgan fingerprint density at radius 2 is 1.16 bits per heavy atom. The molecule has 0 spiro atoms. The largest absolute Gasteiger partial charge is 1.00 e. The van der Waals surface area contributed by atoms with Crippen LogP contribution in [0.25, 0.3) is 21.5 Å². The van der Waals surface area contributed by atoms with Crippen LogP contribution in [0.1, 0.15) is 16.7 Å². The molecule has 6 aromatic rings. The van der Waals surface area contributed by atoms with Crippen molar-refractivity contribution in [1.29, 1.82) is 0 Å². The fraction of sp³-hybridized carbons (Fsp3) is 0.132. The van der Waals surface area contributed by atoms with E-state index in [9.17, 15) is 30.7 Å². The number of carbonyl (C=O) groups is 1. The molecule has 0 saturated heterocycles. The SMILES string of the molecule is COc1cc(N=Nc2ccc3c[c-]cc(S(=O)(=O)[O-])c3c2)c(C)cc1CC(=O)Nc1cc(C)c(N=Nc2ccc3c(S(=O)(=O)[O-])c[c-]cc3c2)cc1OC.[Na+].[Na+].[Na+].[Na+]. The Kier molecular flexibility index (Phi) is 19.9. The van der Waals surface area contributed by atoms with Gasteiger partial charge >= 0.3 is 118 Å². The number of hydrogen-bond acceptors (Lipinski definition) is 13. The minimum atomic E-state index is -4.73. The predicted molar refractivity (Wildman–Crippen MR) is 198 cm³/mol.